The molecule has 0 saturated heterocycles. The summed E-state index contributed by atoms with van der Waals surface area (Å²) in [6, 6.07) is 16.2. The minimum atomic E-state index is -0.449. The van der Waals surface area contributed by atoms with E-state index < -0.39 is 5.91 Å². The van der Waals surface area contributed by atoms with E-state index >= 15 is 0 Å². The molecule has 0 spiro atoms. The van der Waals surface area contributed by atoms with Crippen LogP contribution in [0.15, 0.2) is 59.4 Å². The standard InChI is InChI=1S/C22H23N3O3/c1-14(2)16-7-9-17(10-8-16)23-22(27)21-19(28-4)13-20(26)25(24-21)18-11-5-15(3)6-12-18/h5-14H,1-4H3,(H,23,27). The van der Waals surface area contributed by atoms with E-state index in [-0.39, 0.29) is 17.0 Å². The van der Waals surface area contributed by atoms with Crippen molar-refractivity contribution < 1.29 is 9.53 Å². The lowest BCUT2D eigenvalue weighted by molar-refractivity contribution is 0.101. The van der Waals surface area contributed by atoms with Crippen LogP contribution in [0.3, 0.4) is 0 Å². The average molecular weight is 377 g/mol. The monoisotopic (exact) mass is 377 g/mol. The molecule has 1 heterocycles. The third-order valence-electron chi connectivity index (χ3n) is 4.45. The van der Waals surface area contributed by atoms with Crippen LogP contribution in [0, 0.1) is 6.92 Å². The Bertz CT molecular complexity index is 1040. The van der Waals surface area contributed by atoms with Crippen molar-refractivity contribution in [3.8, 4) is 11.4 Å². The molecule has 0 aliphatic carbocycles. The van der Waals surface area contributed by atoms with Crippen LogP contribution in [0.5, 0.6) is 5.75 Å². The fourth-order valence-corrected chi connectivity index (χ4v) is 2.77. The van der Waals surface area contributed by atoms with Gasteiger partial charge in [0.1, 0.15) is 0 Å². The number of aryl methyl sites for hydroxylation is 1. The van der Waals surface area contributed by atoms with Crippen LogP contribution in [0.1, 0.15) is 41.4 Å². The zero-order valence-corrected chi connectivity index (χ0v) is 16.4. The lowest BCUT2D eigenvalue weighted by atomic mass is 10.0. The number of aromatic nitrogens is 2. The molecule has 1 aromatic heterocycles. The highest BCUT2D eigenvalue weighted by atomic mass is 16.5. The summed E-state index contributed by atoms with van der Waals surface area (Å²) in [7, 11) is 1.40. The molecule has 0 radical (unpaired) electrons. The maximum absolute atomic E-state index is 12.8. The average Bonchev–Trinajstić information content (AvgIpc) is 2.68. The highest BCUT2D eigenvalue weighted by molar-refractivity contribution is 6.04. The van der Waals surface area contributed by atoms with E-state index in [9.17, 15) is 9.59 Å². The van der Waals surface area contributed by atoms with Gasteiger partial charge in [-0.15, -0.1) is 0 Å². The molecule has 0 atom stereocenters. The molecule has 0 aliphatic heterocycles. The molecular weight excluding hydrogens is 354 g/mol. The molecule has 3 aromatic rings. The van der Waals surface area contributed by atoms with E-state index in [1.54, 1.807) is 12.1 Å². The third kappa shape index (κ3) is 4.11. The first-order valence-electron chi connectivity index (χ1n) is 9.05. The molecule has 0 fully saturated rings. The maximum Gasteiger partial charge on any atom is 0.279 e. The van der Waals surface area contributed by atoms with Gasteiger partial charge >= 0.3 is 0 Å². The van der Waals surface area contributed by atoms with Gasteiger partial charge in [0.2, 0.25) is 0 Å². The van der Waals surface area contributed by atoms with E-state index in [0.29, 0.717) is 17.3 Å². The van der Waals surface area contributed by atoms with E-state index in [1.807, 2.05) is 43.3 Å². The van der Waals surface area contributed by atoms with Gasteiger partial charge in [-0.05, 0) is 42.7 Å². The van der Waals surface area contributed by atoms with Crippen molar-refractivity contribution >= 4 is 11.6 Å². The number of amides is 1. The first-order valence-corrected chi connectivity index (χ1v) is 9.05. The summed E-state index contributed by atoms with van der Waals surface area (Å²) in [6.45, 7) is 6.17. The van der Waals surface area contributed by atoms with Crippen LogP contribution >= 0.6 is 0 Å². The second-order valence-electron chi connectivity index (χ2n) is 6.88. The topological polar surface area (TPSA) is 73.2 Å². The van der Waals surface area contributed by atoms with Gasteiger partial charge in [0.05, 0.1) is 18.9 Å². The van der Waals surface area contributed by atoms with E-state index in [2.05, 4.69) is 24.3 Å². The Kier molecular flexibility index (Phi) is 5.59. The summed E-state index contributed by atoms with van der Waals surface area (Å²) >= 11 is 0. The number of carbonyl (C=O) groups excluding carboxylic acids is 1. The Morgan fingerprint density at radius 2 is 1.71 bits per heavy atom. The molecule has 28 heavy (non-hydrogen) atoms. The fraction of sp³-hybridized carbons (Fsp3) is 0.227. The smallest absolute Gasteiger partial charge is 0.279 e. The van der Waals surface area contributed by atoms with E-state index in [4.69, 9.17) is 4.74 Å². The van der Waals surface area contributed by atoms with Crippen molar-refractivity contribution in [1.82, 2.24) is 9.78 Å². The Morgan fingerprint density at radius 3 is 2.29 bits per heavy atom. The zero-order valence-electron chi connectivity index (χ0n) is 16.4. The summed E-state index contributed by atoms with van der Waals surface area (Å²) in [5, 5.41) is 7.06. The van der Waals surface area contributed by atoms with Crippen molar-refractivity contribution in [2.45, 2.75) is 26.7 Å². The summed E-state index contributed by atoms with van der Waals surface area (Å²) in [4.78, 5) is 25.2. The van der Waals surface area contributed by atoms with Crippen molar-refractivity contribution in [3.05, 3.63) is 81.8 Å². The van der Waals surface area contributed by atoms with Gasteiger partial charge in [0, 0.05) is 5.69 Å². The minimum Gasteiger partial charge on any atom is -0.494 e. The third-order valence-corrected chi connectivity index (χ3v) is 4.45. The highest BCUT2D eigenvalue weighted by Crippen LogP contribution is 2.20. The molecule has 1 amide bonds. The Balaban J connectivity index is 1.95. The van der Waals surface area contributed by atoms with Crippen LogP contribution in [0.25, 0.3) is 5.69 Å². The largest absolute Gasteiger partial charge is 0.494 e. The Labute approximate surface area is 163 Å². The number of ether oxygens (including phenoxy) is 1. The number of carbonyl (C=O) groups is 1. The molecule has 3 rings (SSSR count). The number of nitrogens with zero attached hydrogens (tertiary/aromatic N) is 2. The Hall–Kier alpha value is -3.41. The fourth-order valence-electron chi connectivity index (χ4n) is 2.77. The predicted octanol–water partition coefficient (Wildman–Crippen LogP) is 3.93. The molecular formula is C22H23N3O3. The molecule has 144 valence electrons. The molecule has 0 unspecified atom stereocenters. The van der Waals surface area contributed by atoms with Crippen LogP contribution in [-0.4, -0.2) is 22.8 Å². The van der Waals surface area contributed by atoms with E-state index in [0.717, 1.165) is 5.56 Å². The first kappa shape index (κ1) is 19.4. The van der Waals surface area contributed by atoms with Gasteiger partial charge in [-0.1, -0.05) is 43.7 Å². The van der Waals surface area contributed by atoms with Gasteiger partial charge in [-0.3, -0.25) is 9.59 Å². The number of nitrogens with one attached hydrogen (secondary N) is 1. The maximum atomic E-state index is 12.8. The van der Waals surface area contributed by atoms with Crippen LogP contribution in [-0.2, 0) is 0 Å². The number of anilines is 1. The summed E-state index contributed by atoms with van der Waals surface area (Å²) in [5.74, 6) is 0.0873. The van der Waals surface area contributed by atoms with Crippen LogP contribution in [0.2, 0.25) is 0 Å². The molecule has 6 heteroatoms. The van der Waals surface area contributed by atoms with Crippen molar-refractivity contribution in [1.29, 1.82) is 0 Å². The van der Waals surface area contributed by atoms with Gasteiger partial charge in [-0.2, -0.15) is 9.78 Å². The normalized spacial score (nSPS) is 10.8. The van der Waals surface area contributed by atoms with Gasteiger partial charge < -0.3 is 10.1 Å². The SMILES string of the molecule is COc1cc(=O)n(-c2ccc(C)cc2)nc1C(=O)Nc1ccc(C(C)C)cc1. The van der Waals surface area contributed by atoms with Crippen molar-refractivity contribution in [2.75, 3.05) is 12.4 Å². The minimum absolute atomic E-state index is 0.0376. The van der Waals surface area contributed by atoms with Crippen molar-refractivity contribution in [2.24, 2.45) is 0 Å². The van der Waals surface area contributed by atoms with Gasteiger partial charge in [0.25, 0.3) is 11.5 Å². The molecule has 1 N–H and O–H groups in total. The van der Waals surface area contributed by atoms with Gasteiger partial charge in [-0.25, -0.2) is 0 Å². The predicted molar refractivity (Wildman–Crippen MR) is 110 cm³/mol. The van der Waals surface area contributed by atoms with Crippen LogP contribution in [0.4, 0.5) is 5.69 Å². The lowest BCUT2D eigenvalue weighted by Gasteiger charge is -2.12. The zero-order chi connectivity index (χ0) is 20.3. The lowest BCUT2D eigenvalue weighted by Crippen LogP contribution is -2.26. The second kappa shape index (κ2) is 8.08. The second-order valence-corrected chi connectivity index (χ2v) is 6.88. The quantitative estimate of drug-likeness (QED) is 0.731. The summed E-state index contributed by atoms with van der Waals surface area (Å²) in [5.41, 5.74) is 3.13. The first-order chi connectivity index (χ1) is 13.4. The molecule has 0 bridgehead atoms. The molecule has 0 saturated carbocycles. The van der Waals surface area contributed by atoms with Crippen LogP contribution < -0.4 is 15.6 Å². The molecule has 0 aliphatic rings. The van der Waals surface area contributed by atoms with E-state index in [1.165, 1.54) is 23.4 Å². The molecule has 2 aromatic carbocycles. The number of rotatable bonds is 5. The summed E-state index contributed by atoms with van der Waals surface area (Å²) < 4.78 is 6.40. The summed E-state index contributed by atoms with van der Waals surface area (Å²) in [6.07, 6.45) is 0. The van der Waals surface area contributed by atoms with Gasteiger partial charge in [0.15, 0.2) is 11.4 Å². The van der Waals surface area contributed by atoms with Crippen molar-refractivity contribution in [3.63, 3.8) is 0 Å². The number of hydrogen-bond donors (Lipinski definition) is 1. The Morgan fingerprint density at radius 1 is 1.07 bits per heavy atom. The highest BCUT2D eigenvalue weighted by Gasteiger charge is 2.18. The molecule has 6 nitrogen and oxygen atoms in total. The number of methoxy groups -OCH3 is 1. The number of hydrogen-bond acceptors (Lipinski definition) is 4. The number of benzene rings is 2.